The third-order valence-corrected chi connectivity index (χ3v) is 4.26. The monoisotopic (exact) mass is 298 g/mol. The number of nitrogens with zero attached hydrogens (tertiary/aromatic N) is 2. The highest BCUT2D eigenvalue weighted by Gasteiger charge is 2.30. The number of hydrogen-bond donors (Lipinski definition) is 0. The van der Waals surface area contributed by atoms with Gasteiger partial charge in [-0.3, -0.25) is 0 Å². The molecule has 1 atom stereocenters. The molecule has 4 heteroatoms. The SMILES string of the molecule is CCCCCCCC(C)(CCCC)n1nc(F)cc1OC. The number of unbranched alkanes of at least 4 members (excludes halogenated alkanes) is 5. The van der Waals surface area contributed by atoms with Crippen LogP contribution in [-0.4, -0.2) is 16.9 Å². The van der Waals surface area contributed by atoms with Crippen molar-refractivity contribution in [1.29, 1.82) is 0 Å². The van der Waals surface area contributed by atoms with Gasteiger partial charge < -0.3 is 4.74 Å². The van der Waals surface area contributed by atoms with E-state index >= 15 is 0 Å². The first-order valence-electron chi connectivity index (χ1n) is 8.37. The van der Waals surface area contributed by atoms with Crippen molar-refractivity contribution in [1.82, 2.24) is 9.78 Å². The van der Waals surface area contributed by atoms with E-state index in [9.17, 15) is 4.39 Å². The third kappa shape index (κ3) is 5.33. The molecule has 0 saturated carbocycles. The van der Waals surface area contributed by atoms with Crippen LogP contribution in [0.5, 0.6) is 5.88 Å². The van der Waals surface area contributed by atoms with Crippen LogP contribution in [0.3, 0.4) is 0 Å². The summed E-state index contributed by atoms with van der Waals surface area (Å²) in [6.45, 7) is 6.59. The smallest absolute Gasteiger partial charge is 0.236 e. The van der Waals surface area contributed by atoms with Crippen molar-refractivity contribution in [3.8, 4) is 5.88 Å². The summed E-state index contributed by atoms with van der Waals surface area (Å²) >= 11 is 0. The van der Waals surface area contributed by atoms with Crippen LogP contribution in [-0.2, 0) is 5.54 Å². The Balaban J connectivity index is 2.76. The Kier molecular flexibility index (Phi) is 7.76. The summed E-state index contributed by atoms with van der Waals surface area (Å²) in [5.41, 5.74) is -0.155. The summed E-state index contributed by atoms with van der Waals surface area (Å²) in [4.78, 5) is 0. The molecule has 0 saturated heterocycles. The molecule has 0 spiro atoms. The maximum Gasteiger partial charge on any atom is 0.236 e. The Morgan fingerprint density at radius 2 is 1.71 bits per heavy atom. The van der Waals surface area contributed by atoms with Gasteiger partial charge >= 0.3 is 0 Å². The molecule has 0 aliphatic carbocycles. The van der Waals surface area contributed by atoms with E-state index in [1.807, 2.05) is 0 Å². The molecule has 0 aromatic carbocycles. The molecule has 21 heavy (non-hydrogen) atoms. The van der Waals surface area contributed by atoms with Gasteiger partial charge in [-0.15, -0.1) is 5.10 Å². The van der Waals surface area contributed by atoms with Gasteiger partial charge in [-0.1, -0.05) is 58.8 Å². The highest BCUT2D eigenvalue weighted by Crippen LogP contribution is 2.33. The molecule has 0 N–H and O–H groups in total. The minimum absolute atomic E-state index is 0.155. The lowest BCUT2D eigenvalue weighted by Gasteiger charge is -2.31. The van der Waals surface area contributed by atoms with Gasteiger partial charge in [-0.05, 0) is 19.8 Å². The predicted molar refractivity (Wildman–Crippen MR) is 85.3 cm³/mol. The van der Waals surface area contributed by atoms with Gasteiger partial charge in [-0.25, -0.2) is 4.68 Å². The van der Waals surface area contributed by atoms with Crippen molar-refractivity contribution in [2.24, 2.45) is 0 Å². The van der Waals surface area contributed by atoms with E-state index in [-0.39, 0.29) is 5.54 Å². The van der Waals surface area contributed by atoms with Crippen LogP contribution >= 0.6 is 0 Å². The zero-order valence-electron chi connectivity index (χ0n) is 14.1. The van der Waals surface area contributed by atoms with Crippen molar-refractivity contribution >= 4 is 0 Å². The number of hydrogen-bond acceptors (Lipinski definition) is 2. The molecule has 1 unspecified atom stereocenters. The predicted octanol–water partition coefficient (Wildman–Crippen LogP) is 5.30. The first kappa shape index (κ1) is 18.0. The van der Waals surface area contributed by atoms with E-state index in [1.54, 1.807) is 11.8 Å². The Labute approximate surface area is 128 Å². The van der Waals surface area contributed by atoms with Crippen molar-refractivity contribution in [3.05, 3.63) is 12.0 Å². The second-order valence-electron chi connectivity index (χ2n) is 6.19. The molecule has 1 aromatic rings. The van der Waals surface area contributed by atoms with Crippen LogP contribution in [0.4, 0.5) is 4.39 Å². The topological polar surface area (TPSA) is 27.1 Å². The Hall–Kier alpha value is -1.06. The molecule has 122 valence electrons. The average molecular weight is 298 g/mol. The molecule has 1 rings (SSSR count). The molecule has 1 aromatic heterocycles. The van der Waals surface area contributed by atoms with E-state index < -0.39 is 5.95 Å². The largest absolute Gasteiger partial charge is 0.481 e. The lowest BCUT2D eigenvalue weighted by Crippen LogP contribution is -2.32. The van der Waals surface area contributed by atoms with Crippen LogP contribution in [0.25, 0.3) is 0 Å². The minimum Gasteiger partial charge on any atom is -0.481 e. The Morgan fingerprint density at radius 1 is 1.10 bits per heavy atom. The van der Waals surface area contributed by atoms with Crippen LogP contribution in [0.15, 0.2) is 6.07 Å². The number of aromatic nitrogens is 2. The molecule has 0 aliphatic heterocycles. The second-order valence-corrected chi connectivity index (χ2v) is 6.19. The molecule has 0 fully saturated rings. The molecule has 0 bridgehead atoms. The molecular formula is C17H31FN2O. The minimum atomic E-state index is -0.458. The lowest BCUT2D eigenvalue weighted by molar-refractivity contribution is 0.197. The van der Waals surface area contributed by atoms with Gasteiger partial charge in [0.2, 0.25) is 11.8 Å². The standard InChI is InChI=1S/C17H31FN2O/c1-5-7-9-10-11-13-17(3,12-8-6-2)20-16(21-4)14-15(18)19-20/h14H,5-13H2,1-4H3. The first-order valence-corrected chi connectivity index (χ1v) is 8.37. The van der Waals surface area contributed by atoms with Crippen LogP contribution in [0.1, 0.15) is 78.6 Å². The van der Waals surface area contributed by atoms with Crippen molar-refractivity contribution in [2.45, 2.75) is 84.1 Å². The lowest BCUT2D eigenvalue weighted by atomic mass is 9.88. The summed E-state index contributed by atoms with van der Waals surface area (Å²) < 4.78 is 20.6. The summed E-state index contributed by atoms with van der Waals surface area (Å²) in [5, 5.41) is 4.05. The van der Waals surface area contributed by atoms with Gasteiger partial charge in [0.1, 0.15) is 0 Å². The number of rotatable bonds is 11. The third-order valence-electron chi connectivity index (χ3n) is 4.26. The van der Waals surface area contributed by atoms with Gasteiger partial charge in [0.15, 0.2) is 0 Å². The molecule has 0 radical (unpaired) electrons. The number of halogens is 1. The van der Waals surface area contributed by atoms with Crippen molar-refractivity contribution in [3.63, 3.8) is 0 Å². The highest BCUT2D eigenvalue weighted by molar-refractivity contribution is 5.12. The Bertz CT molecular complexity index is 405. The molecule has 0 amide bonds. The van der Waals surface area contributed by atoms with E-state index in [4.69, 9.17) is 4.74 Å². The summed E-state index contributed by atoms with van der Waals surface area (Å²) in [6.07, 6.45) is 10.5. The second kappa shape index (κ2) is 9.06. The van der Waals surface area contributed by atoms with Gasteiger partial charge in [0.05, 0.1) is 18.7 Å². The van der Waals surface area contributed by atoms with Crippen molar-refractivity contribution < 1.29 is 9.13 Å². The van der Waals surface area contributed by atoms with Gasteiger partial charge in [-0.2, -0.15) is 4.39 Å². The normalized spacial score (nSPS) is 14.1. The zero-order valence-corrected chi connectivity index (χ0v) is 14.1. The summed E-state index contributed by atoms with van der Waals surface area (Å²) in [7, 11) is 1.58. The van der Waals surface area contributed by atoms with Crippen LogP contribution in [0, 0.1) is 5.95 Å². The fourth-order valence-electron chi connectivity index (χ4n) is 2.87. The molecule has 1 heterocycles. The van der Waals surface area contributed by atoms with Crippen LogP contribution < -0.4 is 4.74 Å². The first-order chi connectivity index (χ1) is 10.1. The molecular weight excluding hydrogens is 267 g/mol. The Morgan fingerprint density at radius 3 is 2.33 bits per heavy atom. The van der Waals surface area contributed by atoms with Gasteiger partial charge in [0.25, 0.3) is 0 Å². The number of methoxy groups -OCH3 is 1. The maximum absolute atomic E-state index is 13.5. The zero-order chi connectivity index (χ0) is 15.7. The summed E-state index contributed by atoms with van der Waals surface area (Å²) in [5.74, 6) is 0.0696. The highest BCUT2D eigenvalue weighted by atomic mass is 19.1. The summed E-state index contributed by atoms with van der Waals surface area (Å²) in [6, 6.07) is 1.38. The fourth-order valence-corrected chi connectivity index (χ4v) is 2.87. The van der Waals surface area contributed by atoms with Crippen molar-refractivity contribution in [2.75, 3.05) is 7.11 Å². The molecule has 3 nitrogen and oxygen atoms in total. The average Bonchev–Trinajstić information content (AvgIpc) is 2.87. The van der Waals surface area contributed by atoms with E-state index in [1.165, 1.54) is 31.7 Å². The fraction of sp³-hybridized carbons (Fsp3) is 0.824. The number of ether oxygens (including phenoxy) is 1. The van der Waals surface area contributed by atoms with E-state index in [0.29, 0.717) is 5.88 Å². The van der Waals surface area contributed by atoms with E-state index in [2.05, 4.69) is 25.9 Å². The molecule has 0 aliphatic rings. The quantitative estimate of drug-likeness (QED) is 0.518. The van der Waals surface area contributed by atoms with Gasteiger partial charge in [0, 0.05) is 0 Å². The maximum atomic E-state index is 13.5. The van der Waals surface area contributed by atoms with E-state index in [0.717, 1.165) is 32.1 Å². The van der Waals surface area contributed by atoms with Crippen LogP contribution in [0.2, 0.25) is 0 Å².